The van der Waals surface area contributed by atoms with Crippen molar-refractivity contribution in [3.63, 3.8) is 0 Å². The lowest BCUT2D eigenvalue weighted by molar-refractivity contribution is 0.609. The number of hydrogen-bond donors (Lipinski definition) is 1. The van der Waals surface area contributed by atoms with Gasteiger partial charge in [-0.05, 0) is 70.9 Å². The number of hydrogen-bond acceptors (Lipinski definition) is 1. The molecule has 0 bridgehead atoms. The van der Waals surface area contributed by atoms with E-state index < -0.39 is 0 Å². The van der Waals surface area contributed by atoms with Crippen LogP contribution in [0.15, 0.2) is 42.5 Å². The summed E-state index contributed by atoms with van der Waals surface area (Å²) in [5, 5.41) is 3.49. The fraction of sp³-hybridized carbons (Fsp3) is 0.250. The molecule has 0 fully saturated rings. The summed E-state index contributed by atoms with van der Waals surface area (Å²) in [5.41, 5.74) is 3.35. The molecule has 0 aliphatic heterocycles. The molecular formula is C16H17FIN. The van der Waals surface area contributed by atoms with Crippen LogP contribution in [-0.4, -0.2) is 6.54 Å². The molecule has 2 aromatic rings. The van der Waals surface area contributed by atoms with Crippen LogP contribution in [0.5, 0.6) is 0 Å². The van der Waals surface area contributed by atoms with Gasteiger partial charge in [0.1, 0.15) is 5.82 Å². The summed E-state index contributed by atoms with van der Waals surface area (Å²) in [5.74, 6) is -0.181. The Morgan fingerprint density at radius 2 is 1.89 bits per heavy atom. The second kappa shape index (κ2) is 6.48. The van der Waals surface area contributed by atoms with E-state index in [-0.39, 0.29) is 11.9 Å². The van der Waals surface area contributed by atoms with Crippen LogP contribution in [0.4, 0.5) is 4.39 Å². The Labute approximate surface area is 127 Å². The molecule has 0 saturated carbocycles. The molecule has 2 rings (SSSR count). The Hall–Kier alpha value is -0.940. The summed E-state index contributed by atoms with van der Waals surface area (Å²) < 4.78 is 14.5. The Balaban J connectivity index is 2.48. The van der Waals surface area contributed by atoms with Crippen molar-refractivity contribution in [2.45, 2.75) is 19.9 Å². The van der Waals surface area contributed by atoms with Gasteiger partial charge in [0.2, 0.25) is 0 Å². The van der Waals surface area contributed by atoms with Crippen LogP contribution >= 0.6 is 22.6 Å². The van der Waals surface area contributed by atoms with Crippen molar-refractivity contribution in [2.24, 2.45) is 0 Å². The minimum absolute atomic E-state index is 0.110. The van der Waals surface area contributed by atoms with Gasteiger partial charge in [-0.1, -0.05) is 31.2 Å². The Bertz CT molecular complexity index is 568. The van der Waals surface area contributed by atoms with E-state index >= 15 is 0 Å². The molecule has 0 aliphatic rings. The highest BCUT2D eigenvalue weighted by Crippen LogP contribution is 2.28. The van der Waals surface area contributed by atoms with Crippen molar-refractivity contribution >= 4 is 22.6 Å². The van der Waals surface area contributed by atoms with Gasteiger partial charge in [-0.25, -0.2) is 4.39 Å². The number of benzene rings is 2. The summed E-state index contributed by atoms with van der Waals surface area (Å²) in [6.07, 6.45) is 0. The summed E-state index contributed by atoms with van der Waals surface area (Å²) in [7, 11) is 0. The Morgan fingerprint density at radius 1 is 1.16 bits per heavy atom. The number of rotatable bonds is 4. The molecular weight excluding hydrogens is 352 g/mol. The Kier molecular flexibility index (Phi) is 4.93. The van der Waals surface area contributed by atoms with Gasteiger partial charge in [0.05, 0.1) is 6.04 Å². The minimum atomic E-state index is -0.181. The number of halogens is 2. The lowest BCUT2D eigenvalue weighted by Crippen LogP contribution is -2.23. The average molecular weight is 369 g/mol. The lowest BCUT2D eigenvalue weighted by Gasteiger charge is -2.22. The van der Waals surface area contributed by atoms with Gasteiger partial charge >= 0.3 is 0 Å². The van der Waals surface area contributed by atoms with E-state index in [9.17, 15) is 4.39 Å². The standard InChI is InChI=1S/C16H17FIN/c1-3-19-16(14-6-4-5-7-15(14)18)13-9-8-12(17)10-11(13)2/h4-10,16,19H,3H2,1-2H3. The molecule has 1 nitrogen and oxygen atoms in total. The quantitative estimate of drug-likeness (QED) is 0.786. The van der Waals surface area contributed by atoms with Crippen LogP contribution in [0.2, 0.25) is 0 Å². The third kappa shape index (κ3) is 3.34. The zero-order valence-electron chi connectivity index (χ0n) is 11.1. The minimum Gasteiger partial charge on any atom is -0.306 e. The van der Waals surface area contributed by atoms with Gasteiger partial charge in [-0.15, -0.1) is 0 Å². The fourth-order valence-electron chi connectivity index (χ4n) is 2.26. The predicted octanol–water partition coefficient (Wildman–Crippen LogP) is 4.44. The third-order valence-corrected chi connectivity index (χ3v) is 4.15. The Morgan fingerprint density at radius 3 is 2.53 bits per heavy atom. The van der Waals surface area contributed by atoms with Gasteiger partial charge in [0.25, 0.3) is 0 Å². The molecule has 0 amide bonds. The van der Waals surface area contributed by atoms with Crippen molar-refractivity contribution in [1.29, 1.82) is 0 Å². The van der Waals surface area contributed by atoms with E-state index in [1.807, 2.05) is 25.1 Å². The molecule has 0 saturated heterocycles. The largest absolute Gasteiger partial charge is 0.306 e. The lowest BCUT2D eigenvalue weighted by atomic mass is 9.95. The molecule has 0 spiro atoms. The maximum Gasteiger partial charge on any atom is 0.123 e. The maximum absolute atomic E-state index is 13.3. The van der Waals surface area contributed by atoms with E-state index in [2.05, 4.69) is 47.0 Å². The zero-order chi connectivity index (χ0) is 13.8. The van der Waals surface area contributed by atoms with Gasteiger partial charge < -0.3 is 5.32 Å². The van der Waals surface area contributed by atoms with Crippen molar-refractivity contribution in [2.75, 3.05) is 6.54 Å². The van der Waals surface area contributed by atoms with Crippen molar-refractivity contribution in [3.8, 4) is 0 Å². The first-order valence-corrected chi connectivity index (χ1v) is 7.45. The fourth-order valence-corrected chi connectivity index (χ4v) is 2.96. The number of nitrogens with one attached hydrogen (secondary N) is 1. The van der Waals surface area contributed by atoms with Crippen molar-refractivity contribution < 1.29 is 4.39 Å². The molecule has 0 aromatic heterocycles. The normalized spacial score (nSPS) is 12.4. The van der Waals surface area contributed by atoms with Crippen LogP contribution in [-0.2, 0) is 0 Å². The molecule has 0 aliphatic carbocycles. The van der Waals surface area contributed by atoms with Crippen LogP contribution < -0.4 is 5.32 Å². The van der Waals surface area contributed by atoms with E-state index in [0.717, 1.165) is 17.7 Å². The smallest absolute Gasteiger partial charge is 0.123 e. The summed E-state index contributed by atoms with van der Waals surface area (Å²) in [4.78, 5) is 0. The maximum atomic E-state index is 13.3. The van der Waals surface area contributed by atoms with Crippen molar-refractivity contribution in [3.05, 3.63) is 68.5 Å². The molecule has 100 valence electrons. The van der Waals surface area contributed by atoms with Crippen LogP contribution in [0, 0.1) is 16.3 Å². The predicted molar refractivity (Wildman–Crippen MR) is 85.8 cm³/mol. The number of aryl methyl sites for hydroxylation is 1. The topological polar surface area (TPSA) is 12.0 Å². The average Bonchev–Trinajstić information content (AvgIpc) is 2.38. The second-order valence-electron chi connectivity index (χ2n) is 4.51. The first-order chi connectivity index (χ1) is 9.13. The third-order valence-electron chi connectivity index (χ3n) is 3.17. The SMILES string of the molecule is CCNC(c1ccc(F)cc1C)c1ccccc1I. The molecule has 1 atom stereocenters. The summed E-state index contributed by atoms with van der Waals surface area (Å²) in [6.45, 7) is 4.91. The van der Waals surface area contributed by atoms with Gasteiger partial charge in [0.15, 0.2) is 0 Å². The van der Waals surface area contributed by atoms with E-state index in [4.69, 9.17) is 0 Å². The van der Waals surface area contributed by atoms with Crippen LogP contribution in [0.25, 0.3) is 0 Å². The van der Waals surface area contributed by atoms with Gasteiger partial charge in [0, 0.05) is 3.57 Å². The summed E-state index contributed by atoms with van der Waals surface area (Å²) >= 11 is 2.35. The van der Waals surface area contributed by atoms with Crippen LogP contribution in [0.3, 0.4) is 0 Å². The molecule has 3 heteroatoms. The molecule has 2 aromatic carbocycles. The van der Waals surface area contributed by atoms with E-state index in [1.54, 1.807) is 6.07 Å². The van der Waals surface area contributed by atoms with Gasteiger partial charge in [-0.3, -0.25) is 0 Å². The first-order valence-electron chi connectivity index (χ1n) is 6.37. The molecule has 1 N–H and O–H groups in total. The zero-order valence-corrected chi connectivity index (χ0v) is 13.2. The summed E-state index contributed by atoms with van der Waals surface area (Å²) in [6, 6.07) is 13.4. The second-order valence-corrected chi connectivity index (χ2v) is 5.68. The highest BCUT2D eigenvalue weighted by molar-refractivity contribution is 14.1. The first kappa shape index (κ1) is 14.5. The monoisotopic (exact) mass is 369 g/mol. The molecule has 0 radical (unpaired) electrons. The van der Waals surface area contributed by atoms with Gasteiger partial charge in [-0.2, -0.15) is 0 Å². The molecule has 0 heterocycles. The van der Waals surface area contributed by atoms with E-state index in [1.165, 1.54) is 15.2 Å². The van der Waals surface area contributed by atoms with E-state index in [0.29, 0.717) is 0 Å². The van der Waals surface area contributed by atoms with Crippen LogP contribution in [0.1, 0.15) is 29.7 Å². The molecule has 1 unspecified atom stereocenters. The van der Waals surface area contributed by atoms with Crippen molar-refractivity contribution in [1.82, 2.24) is 5.32 Å². The highest BCUT2D eigenvalue weighted by Gasteiger charge is 2.17. The highest BCUT2D eigenvalue weighted by atomic mass is 127. The molecule has 19 heavy (non-hydrogen) atoms.